The van der Waals surface area contributed by atoms with Crippen LogP contribution in [0.4, 0.5) is 0 Å². The normalized spacial score (nSPS) is 30.2. The number of sulfonamides is 1. The fraction of sp³-hybridized carbons (Fsp3) is 1.00. The largest absolute Gasteiger partial charge is 0.378 e. The smallest absolute Gasteiger partial charge is 0.268 e. The van der Waals surface area contributed by atoms with Crippen LogP contribution in [-0.2, 0) is 34.0 Å². The van der Waals surface area contributed by atoms with E-state index in [0.717, 1.165) is 0 Å². The van der Waals surface area contributed by atoms with Gasteiger partial charge in [-0.15, -0.1) is 3.77 Å². The molecule has 2 atom stereocenters. The lowest BCUT2D eigenvalue weighted by Gasteiger charge is -2.35. The van der Waals surface area contributed by atoms with Crippen LogP contribution in [0.5, 0.6) is 0 Å². The van der Waals surface area contributed by atoms with Crippen LogP contribution in [-0.4, -0.2) is 68.0 Å². The van der Waals surface area contributed by atoms with Crippen molar-refractivity contribution in [1.82, 2.24) is 0 Å². The highest BCUT2D eigenvalue weighted by molar-refractivity contribution is 8.03. The van der Waals surface area contributed by atoms with Crippen LogP contribution in [0.3, 0.4) is 0 Å². The molecule has 0 radical (unpaired) electrons. The molecule has 0 aliphatic carbocycles. The summed E-state index contributed by atoms with van der Waals surface area (Å²) in [5.41, 5.74) is -0.459. The molecule has 0 aromatic rings. The van der Waals surface area contributed by atoms with Crippen molar-refractivity contribution in [2.75, 3.05) is 38.4 Å². The van der Waals surface area contributed by atoms with Gasteiger partial charge < -0.3 is 14.2 Å². The van der Waals surface area contributed by atoms with Gasteiger partial charge in [-0.25, -0.2) is 12.6 Å². The van der Waals surface area contributed by atoms with E-state index in [1.54, 1.807) is 0 Å². The van der Waals surface area contributed by atoms with Gasteiger partial charge >= 0.3 is 0 Å². The molecule has 7 nitrogen and oxygen atoms in total. The Hall–Kier alpha value is -0.220. The molecular formula is C11H21NO6S2. The van der Waals surface area contributed by atoms with Crippen LogP contribution < -0.4 is 0 Å². The zero-order valence-electron chi connectivity index (χ0n) is 11.9. The Labute approximate surface area is 120 Å². The van der Waals surface area contributed by atoms with Gasteiger partial charge in [0.05, 0.1) is 53.6 Å². The molecule has 0 saturated carbocycles. The molecule has 0 amide bonds. The maximum atomic E-state index is 12.4. The summed E-state index contributed by atoms with van der Waals surface area (Å²) in [7, 11) is -6.62. The Kier molecular flexibility index (Phi) is 4.46. The molecule has 20 heavy (non-hydrogen) atoms. The minimum Gasteiger partial charge on any atom is -0.378 e. The van der Waals surface area contributed by atoms with E-state index in [9.17, 15) is 12.6 Å². The van der Waals surface area contributed by atoms with Crippen molar-refractivity contribution < 1.29 is 26.8 Å². The lowest BCUT2D eigenvalue weighted by atomic mass is 10.1. The van der Waals surface area contributed by atoms with E-state index in [1.165, 1.54) is 6.26 Å². The first kappa shape index (κ1) is 16.2. The minimum absolute atomic E-state index is 0.0449. The molecule has 2 rings (SSSR count). The molecule has 2 aliphatic heterocycles. The SMILES string of the molecule is CC1(C)COCC(CS(C)(=O)=NS(=O)(=O)C2COC2)O1. The van der Waals surface area contributed by atoms with Crippen LogP contribution in [0.25, 0.3) is 0 Å². The summed E-state index contributed by atoms with van der Waals surface area (Å²) in [4.78, 5) is 0. The van der Waals surface area contributed by atoms with Crippen LogP contribution >= 0.6 is 0 Å². The summed E-state index contributed by atoms with van der Waals surface area (Å²) >= 11 is 0. The molecule has 0 N–H and O–H groups in total. The summed E-state index contributed by atoms with van der Waals surface area (Å²) in [5, 5.41) is -0.664. The predicted molar refractivity (Wildman–Crippen MR) is 74.7 cm³/mol. The van der Waals surface area contributed by atoms with Crippen LogP contribution in [0, 0.1) is 0 Å². The Balaban J connectivity index is 2.08. The average molecular weight is 327 g/mol. The van der Waals surface area contributed by atoms with E-state index < -0.39 is 36.7 Å². The van der Waals surface area contributed by atoms with Gasteiger partial charge in [0, 0.05) is 6.26 Å². The van der Waals surface area contributed by atoms with Gasteiger partial charge in [0.2, 0.25) is 0 Å². The summed E-state index contributed by atoms with van der Waals surface area (Å²) < 4.78 is 55.8. The summed E-state index contributed by atoms with van der Waals surface area (Å²) in [6.45, 7) is 4.75. The van der Waals surface area contributed by atoms with Crippen molar-refractivity contribution in [2.45, 2.75) is 30.8 Å². The highest BCUT2D eigenvalue weighted by Crippen LogP contribution is 2.21. The Bertz CT molecular complexity index is 572. The quantitative estimate of drug-likeness (QED) is 0.722. The zero-order valence-corrected chi connectivity index (χ0v) is 13.5. The summed E-state index contributed by atoms with van der Waals surface area (Å²) in [6, 6.07) is 0. The van der Waals surface area contributed by atoms with E-state index in [0.29, 0.717) is 13.2 Å². The molecule has 9 heteroatoms. The van der Waals surface area contributed by atoms with Gasteiger partial charge in [0.15, 0.2) is 0 Å². The molecule has 0 spiro atoms. The van der Waals surface area contributed by atoms with Gasteiger partial charge in [0.1, 0.15) is 5.25 Å². The first-order valence-corrected chi connectivity index (χ1v) is 9.97. The van der Waals surface area contributed by atoms with Crippen molar-refractivity contribution in [3.05, 3.63) is 0 Å². The molecule has 0 aromatic heterocycles. The zero-order chi connectivity index (χ0) is 15.0. The molecule has 118 valence electrons. The third-order valence-electron chi connectivity index (χ3n) is 3.02. The maximum Gasteiger partial charge on any atom is 0.268 e. The van der Waals surface area contributed by atoms with Crippen LogP contribution in [0.15, 0.2) is 3.77 Å². The number of hydrogen-bond donors (Lipinski definition) is 0. The number of hydrogen-bond acceptors (Lipinski definition) is 6. The van der Waals surface area contributed by atoms with E-state index in [4.69, 9.17) is 14.2 Å². The summed E-state index contributed by atoms with van der Waals surface area (Å²) in [6.07, 6.45) is 0.933. The number of ether oxygens (including phenoxy) is 3. The molecule has 0 bridgehead atoms. The third kappa shape index (κ3) is 4.14. The standard InChI is InChI=1S/C11H21NO6S2/c1-11(2)8-17-4-9(18-11)7-19(3,13)12-20(14,15)10-5-16-6-10/h9-10H,4-8H2,1-3H3. The van der Waals surface area contributed by atoms with Crippen molar-refractivity contribution >= 4 is 19.8 Å². The van der Waals surface area contributed by atoms with Gasteiger partial charge in [0.25, 0.3) is 10.0 Å². The van der Waals surface area contributed by atoms with Crippen LogP contribution in [0.1, 0.15) is 13.8 Å². The van der Waals surface area contributed by atoms with Crippen molar-refractivity contribution in [2.24, 2.45) is 3.77 Å². The molecule has 2 aliphatic rings. The van der Waals surface area contributed by atoms with Gasteiger partial charge in [-0.1, -0.05) is 0 Å². The lowest BCUT2D eigenvalue weighted by Crippen LogP contribution is -2.46. The molecule has 2 heterocycles. The maximum absolute atomic E-state index is 12.4. The third-order valence-corrected chi connectivity index (χ3v) is 7.22. The fourth-order valence-corrected chi connectivity index (χ4v) is 5.96. The van der Waals surface area contributed by atoms with E-state index >= 15 is 0 Å². The Morgan fingerprint density at radius 2 is 1.80 bits per heavy atom. The Morgan fingerprint density at radius 3 is 2.30 bits per heavy atom. The average Bonchev–Trinajstić information content (AvgIpc) is 2.07. The molecule has 0 aromatic carbocycles. The number of rotatable bonds is 4. The monoisotopic (exact) mass is 327 g/mol. The first-order valence-electron chi connectivity index (χ1n) is 6.38. The second kappa shape index (κ2) is 5.53. The second-order valence-corrected chi connectivity index (χ2v) is 10.4. The van der Waals surface area contributed by atoms with Gasteiger partial charge in [-0.2, -0.15) is 0 Å². The minimum atomic E-state index is -3.73. The van der Waals surface area contributed by atoms with Gasteiger partial charge in [-0.3, -0.25) is 0 Å². The Morgan fingerprint density at radius 1 is 1.15 bits per heavy atom. The van der Waals surface area contributed by atoms with E-state index in [-0.39, 0.29) is 19.0 Å². The van der Waals surface area contributed by atoms with Crippen molar-refractivity contribution in [3.8, 4) is 0 Å². The van der Waals surface area contributed by atoms with Gasteiger partial charge in [-0.05, 0) is 13.8 Å². The highest BCUT2D eigenvalue weighted by atomic mass is 32.3. The van der Waals surface area contributed by atoms with E-state index in [1.807, 2.05) is 13.8 Å². The predicted octanol–water partition coefficient (Wildman–Crippen LogP) is 0.00680. The summed E-state index contributed by atoms with van der Waals surface area (Å²) in [5.74, 6) is 0.0449. The lowest BCUT2D eigenvalue weighted by molar-refractivity contribution is -0.174. The molecule has 2 unspecified atom stereocenters. The molecular weight excluding hydrogens is 306 g/mol. The molecule has 2 saturated heterocycles. The number of nitrogens with zero attached hydrogens (tertiary/aromatic N) is 1. The first-order chi connectivity index (χ1) is 9.10. The topological polar surface area (TPSA) is 91.3 Å². The molecule has 2 fully saturated rings. The van der Waals surface area contributed by atoms with E-state index in [2.05, 4.69) is 3.77 Å². The fourth-order valence-electron chi connectivity index (χ4n) is 2.08. The second-order valence-electron chi connectivity index (χ2n) is 5.89. The van der Waals surface area contributed by atoms with Crippen molar-refractivity contribution in [1.29, 1.82) is 0 Å². The highest BCUT2D eigenvalue weighted by Gasteiger charge is 2.35. The van der Waals surface area contributed by atoms with Crippen LogP contribution in [0.2, 0.25) is 0 Å². The van der Waals surface area contributed by atoms with Crippen molar-refractivity contribution in [3.63, 3.8) is 0 Å².